The molecule has 0 saturated heterocycles. The van der Waals surface area contributed by atoms with Gasteiger partial charge in [-0.3, -0.25) is 4.79 Å². The molecule has 2 aliphatic heterocycles. The first-order valence-corrected chi connectivity index (χ1v) is 5.89. The van der Waals surface area contributed by atoms with E-state index in [-0.39, 0.29) is 17.2 Å². The first-order valence-electron chi connectivity index (χ1n) is 5.89. The number of benzene rings is 1. The SMILES string of the molecule is CC1(C)C(=O)C=CN2c3ccccc3C=C[C@@H]21. The number of ketones is 1. The maximum atomic E-state index is 11.9. The summed E-state index contributed by atoms with van der Waals surface area (Å²) in [5, 5.41) is 0. The molecule has 86 valence electrons. The summed E-state index contributed by atoms with van der Waals surface area (Å²) < 4.78 is 0. The zero-order valence-corrected chi connectivity index (χ0v) is 10.1. The Morgan fingerprint density at radius 2 is 1.94 bits per heavy atom. The number of carbonyl (C=O) groups is 1. The summed E-state index contributed by atoms with van der Waals surface area (Å²) in [5.41, 5.74) is 2.02. The molecule has 0 aromatic heterocycles. The van der Waals surface area contributed by atoms with Gasteiger partial charge in [-0.2, -0.15) is 0 Å². The summed E-state index contributed by atoms with van der Waals surface area (Å²) in [7, 11) is 0. The van der Waals surface area contributed by atoms with Crippen LogP contribution in [0.3, 0.4) is 0 Å². The van der Waals surface area contributed by atoms with E-state index in [1.165, 1.54) is 11.3 Å². The number of allylic oxidation sites excluding steroid dienone is 1. The molecule has 0 unspecified atom stereocenters. The average molecular weight is 225 g/mol. The van der Waals surface area contributed by atoms with Gasteiger partial charge in [-0.15, -0.1) is 0 Å². The molecule has 0 aliphatic carbocycles. The van der Waals surface area contributed by atoms with Crippen molar-refractivity contribution < 1.29 is 4.79 Å². The molecule has 0 fully saturated rings. The lowest BCUT2D eigenvalue weighted by atomic mass is 9.75. The molecule has 0 bridgehead atoms. The van der Waals surface area contributed by atoms with Crippen molar-refractivity contribution in [1.29, 1.82) is 0 Å². The van der Waals surface area contributed by atoms with Crippen molar-refractivity contribution in [3.8, 4) is 0 Å². The van der Waals surface area contributed by atoms with Crippen LogP contribution in [0.5, 0.6) is 0 Å². The van der Waals surface area contributed by atoms with Gasteiger partial charge in [0.2, 0.25) is 0 Å². The zero-order valence-electron chi connectivity index (χ0n) is 10.1. The Kier molecular flexibility index (Phi) is 2.02. The van der Waals surface area contributed by atoms with E-state index in [1.807, 2.05) is 32.2 Å². The van der Waals surface area contributed by atoms with E-state index in [9.17, 15) is 4.79 Å². The quantitative estimate of drug-likeness (QED) is 0.676. The maximum Gasteiger partial charge on any atom is 0.165 e. The Bertz CT molecular complexity index is 540. The van der Waals surface area contributed by atoms with E-state index in [2.05, 4.69) is 29.2 Å². The predicted molar refractivity (Wildman–Crippen MR) is 69.7 cm³/mol. The topological polar surface area (TPSA) is 20.3 Å². The van der Waals surface area contributed by atoms with Crippen molar-refractivity contribution in [1.82, 2.24) is 0 Å². The second-order valence-electron chi connectivity index (χ2n) is 5.17. The fourth-order valence-electron chi connectivity index (χ4n) is 2.57. The Balaban J connectivity index is 2.16. The highest BCUT2D eigenvalue weighted by Crippen LogP contribution is 2.39. The number of anilines is 1. The molecule has 17 heavy (non-hydrogen) atoms. The Labute approximate surface area is 101 Å². The van der Waals surface area contributed by atoms with Crippen molar-refractivity contribution in [2.75, 3.05) is 4.90 Å². The fraction of sp³-hybridized carbons (Fsp3) is 0.267. The van der Waals surface area contributed by atoms with Gasteiger partial charge in [0.1, 0.15) is 0 Å². The van der Waals surface area contributed by atoms with Crippen molar-refractivity contribution in [3.05, 3.63) is 48.2 Å². The van der Waals surface area contributed by atoms with E-state index >= 15 is 0 Å². The molecule has 2 heterocycles. The number of para-hydroxylation sites is 1. The standard InChI is InChI=1S/C15H15NO/c1-15(2)13-8-7-11-5-3-4-6-12(11)16(13)10-9-14(15)17/h3-10,13H,1-2H3/t13-/m1/s1. The third-order valence-corrected chi connectivity index (χ3v) is 3.73. The van der Waals surface area contributed by atoms with E-state index in [1.54, 1.807) is 6.08 Å². The number of rotatable bonds is 0. The molecular formula is C15H15NO. The first kappa shape index (κ1) is 10.3. The minimum Gasteiger partial charge on any atom is -0.339 e. The van der Waals surface area contributed by atoms with Crippen LogP contribution in [0, 0.1) is 5.41 Å². The van der Waals surface area contributed by atoms with Crippen LogP contribution < -0.4 is 4.90 Å². The first-order chi connectivity index (χ1) is 8.10. The van der Waals surface area contributed by atoms with Crippen molar-refractivity contribution >= 4 is 17.5 Å². The lowest BCUT2D eigenvalue weighted by Crippen LogP contribution is -2.49. The highest BCUT2D eigenvalue weighted by molar-refractivity contribution is 5.98. The Morgan fingerprint density at radius 3 is 2.76 bits per heavy atom. The van der Waals surface area contributed by atoms with Crippen LogP contribution >= 0.6 is 0 Å². The lowest BCUT2D eigenvalue weighted by Gasteiger charge is -2.43. The van der Waals surface area contributed by atoms with E-state index in [0.717, 1.165) is 0 Å². The van der Waals surface area contributed by atoms with Crippen molar-refractivity contribution in [3.63, 3.8) is 0 Å². The monoisotopic (exact) mass is 225 g/mol. The smallest absolute Gasteiger partial charge is 0.165 e. The Morgan fingerprint density at radius 1 is 1.18 bits per heavy atom. The highest BCUT2D eigenvalue weighted by atomic mass is 16.1. The van der Waals surface area contributed by atoms with E-state index in [0.29, 0.717) is 0 Å². The molecule has 2 nitrogen and oxygen atoms in total. The van der Waals surface area contributed by atoms with E-state index < -0.39 is 0 Å². The summed E-state index contributed by atoms with van der Waals surface area (Å²) >= 11 is 0. The second kappa shape index (κ2) is 3.33. The highest BCUT2D eigenvalue weighted by Gasteiger charge is 2.41. The van der Waals surface area contributed by atoms with Crippen molar-refractivity contribution in [2.45, 2.75) is 19.9 Å². The van der Waals surface area contributed by atoms with Crippen LogP contribution in [-0.4, -0.2) is 11.8 Å². The van der Waals surface area contributed by atoms with Crippen molar-refractivity contribution in [2.24, 2.45) is 5.41 Å². The number of hydrogen-bond acceptors (Lipinski definition) is 2. The summed E-state index contributed by atoms with van der Waals surface area (Å²) in [5.74, 6) is 0.197. The summed E-state index contributed by atoms with van der Waals surface area (Å²) in [6.07, 6.45) is 7.83. The van der Waals surface area contributed by atoms with Gasteiger partial charge < -0.3 is 4.90 Å². The Hall–Kier alpha value is -1.83. The second-order valence-corrected chi connectivity index (χ2v) is 5.17. The number of carbonyl (C=O) groups excluding carboxylic acids is 1. The molecule has 0 radical (unpaired) electrons. The number of fused-ring (bicyclic) bond motifs is 3. The molecule has 0 N–H and O–H groups in total. The van der Waals surface area contributed by atoms with Crippen LogP contribution in [-0.2, 0) is 4.79 Å². The van der Waals surface area contributed by atoms with Crippen LogP contribution in [0.15, 0.2) is 42.6 Å². The van der Waals surface area contributed by atoms with Gasteiger partial charge in [0, 0.05) is 11.9 Å². The third-order valence-electron chi connectivity index (χ3n) is 3.73. The van der Waals surface area contributed by atoms with Crippen LogP contribution in [0.25, 0.3) is 6.08 Å². The predicted octanol–water partition coefficient (Wildman–Crippen LogP) is 3.01. The van der Waals surface area contributed by atoms with Gasteiger partial charge in [0.25, 0.3) is 0 Å². The molecule has 1 aromatic rings. The average Bonchev–Trinajstić information content (AvgIpc) is 2.33. The fourth-order valence-corrected chi connectivity index (χ4v) is 2.57. The van der Waals surface area contributed by atoms with Gasteiger partial charge in [0.15, 0.2) is 5.78 Å². The molecule has 2 heteroatoms. The zero-order chi connectivity index (χ0) is 12.0. The third kappa shape index (κ3) is 1.37. The van der Waals surface area contributed by atoms with Crippen LogP contribution in [0.1, 0.15) is 19.4 Å². The molecule has 0 spiro atoms. The lowest BCUT2D eigenvalue weighted by molar-refractivity contribution is -0.123. The van der Waals surface area contributed by atoms with Gasteiger partial charge >= 0.3 is 0 Å². The van der Waals surface area contributed by atoms with Gasteiger partial charge in [-0.25, -0.2) is 0 Å². The summed E-state index contributed by atoms with van der Waals surface area (Å²) in [4.78, 5) is 14.1. The molecule has 1 aromatic carbocycles. The molecule has 1 atom stereocenters. The maximum absolute atomic E-state index is 11.9. The molecule has 3 rings (SSSR count). The number of nitrogens with zero attached hydrogens (tertiary/aromatic N) is 1. The number of hydrogen-bond donors (Lipinski definition) is 0. The minimum atomic E-state index is -0.362. The summed E-state index contributed by atoms with van der Waals surface area (Å²) in [6.45, 7) is 4.02. The van der Waals surface area contributed by atoms with Crippen LogP contribution in [0.2, 0.25) is 0 Å². The molecule has 0 saturated carbocycles. The largest absolute Gasteiger partial charge is 0.339 e. The van der Waals surface area contributed by atoms with Gasteiger partial charge in [-0.1, -0.05) is 44.2 Å². The van der Waals surface area contributed by atoms with Gasteiger partial charge in [-0.05, 0) is 17.7 Å². The van der Waals surface area contributed by atoms with Gasteiger partial charge in [0.05, 0.1) is 11.5 Å². The summed E-state index contributed by atoms with van der Waals surface area (Å²) in [6, 6.07) is 8.39. The molecule has 2 aliphatic rings. The molecule has 0 amide bonds. The normalized spacial score (nSPS) is 24.5. The minimum absolute atomic E-state index is 0.120. The van der Waals surface area contributed by atoms with Crippen LogP contribution in [0.4, 0.5) is 5.69 Å². The van der Waals surface area contributed by atoms with E-state index in [4.69, 9.17) is 0 Å². The molecular weight excluding hydrogens is 210 g/mol.